The molecule has 0 bridgehead atoms. The Morgan fingerprint density at radius 3 is 2.68 bits per heavy atom. The van der Waals surface area contributed by atoms with Crippen LogP contribution in [0.1, 0.15) is 78.4 Å². The molecule has 0 radical (unpaired) electrons. The van der Waals surface area contributed by atoms with Crippen molar-refractivity contribution >= 4 is 5.91 Å². The summed E-state index contributed by atoms with van der Waals surface area (Å²) < 4.78 is 0. The van der Waals surface area contributed by atoms with Crippen molar-refractivity contribution < 1.29 is 4.79 Å². The number of rotatable bonds is 4. The third-order valence-corrected chi connectivity index (χ3v) is 7.16. The van der Waals surface area contributed by atoms with E-state index in [4.69, 9.17) is 4.98 Å². The SMILES string of the molecule is O=C(c1ccncc1)N1CCC[C@@H]1c1nc2c(c(=O)[nH]1)CN(CC1CCCCC1)CC2. The van der Waals surface area contributed by atoms with Crippen LogP contribution in [0.4, 0.5) is 0 Å². The molecule has 164 valence electrons. The zero-order valence-electron chi connectivity index (χ0n) is 18.1. The fraction of sp³-hybridized carbons (Fsp3) is 0.583. The Kier molecular flexibility index (Phi) is 5.85. The van der Waals surface area contributed by atoms with E-state index in [0.717, 1.165) is 49.5 Å². The number of aromatic nitrogens is 3. The van der Waals surface area contributed by atoms with Crippen molar-refractivity contribution in [1.82, 2.24) is 24.8 Å². The van der Waals surface area contributed by atoms with Crippen LogP contribution < -0.4 is 5.56 Å². The molecule has 2 aliphatic heterocycles. The predicted molar refractivity (Wildman–Crippen MR) is 118 cm³/mol. The number of likely N-dealkylation sites (tertiary alicyclic amines) is 1. The number of aromatic amines is 1. The molecule has 7 nitrogen and oxygen atoms in total. The summed E-state index contributed by atoms with van der Waals surface area (Å²) in [5.41, 5.74) is 2.33. The molecular weight excluding hydrogens is 390 g/mol. The second-order valence-corrected chi connectivity index (χ2v) is 9.26. The zero-order chi connectivity index (χ0) is 21.2. The van der Waals surface area contributed by atoms with Gasteiger partial charge in [0.05, 0.1) is 17.3 Å². The van der Waals surface area contributed by atoms with Crippen molar-refractivity contribution in [3.05, 3.63) is 57.5 Å². The van der Waals surface area contributed by atoms with Gasteiger partial charge in [-0.15, -0.1) is 0 Å². The van der Waals surface area contributed by atoms with Crippen LogP contribution in [0.25, 0.3) is 0 Å². The van der Waals surface area contributed by atoms with E-state index in [1.807, 2.05) is 4.90 Å². The van der Waals surface area contributed by atoms with Crippen molar-refractivity contribution in [3.8, 4) is 0 Å². The number of H-pyrrole nitrogens is 1. The van der Waals surface area contributed by atoms with Gasteiger partial charge in [-0.2, -0.15) is 0 Å². The Hall–Kier alpha value is -2.54. The Labute approximate surface area is 182 Å². The van der Waals surface area contributed by atoms with Crippen molar-refractivity contribution in [2.75, 3.05) is 19.6 Å². The van der Waals surface area contributed by atoms with Crippen LogP contribution in [0.5, 0.6) is 0 Å². The zero-order valence-corrected chi connectivity index (χ0v) is 18.1. The molecule has 1 N–H and O–H groups in total. The van der Waals surface area contributed by atoms with Gasteiger partial charge in [0.15, 0.2) is 0 Å². The molecule has 3 aliphatic rings. The molecule has 1 atom stereocenters. The minimum atomic E-state index is -0.168. The molecule has 0 spiro atoms. The van der Waals surface area contributed by atoms with Crippen LogP contribution in [0, 0.1) is 5.92 Å². The van der Waals surface area contributed by atoms with E-state index in [0.29, 0.717) is 24.5 Å². The number of pyridine rings is 1. The first-order valence-electron chi connectivity index (χ1n) is 11.7. The molecule has 7 heteroatoms. The maximum atomic E-state index is 13.0. The summed E-state index contributed by atoms with van der Waals surface area (Å²) in [5.74, 6) is 1.39. The van der Waals surface area contributed by atoms with Crippen molar-refractivity contribution in [3.63, 3.8) is 0 Å². The van der Waals surface area contributed by atoms with Gasteiger partial charge in [-0.1, -0.05) is 19.3 Å². The number of nitrogens with one attached hydrogen (secondary N) is 1. The minimum Gasteiger partial charge on any atom is -0.328 e. The quantitative estimate of drug-likeness (QED) is 0.820. The molecular formula is C24H31N5O2. The lowest BCUT2D eigenvalue weighted by molar-refractivity contribution is 0.0729. The maximum absolute atomic E-state index is 13.0. The fourth-order valence-corrected chi connectivity index (χ4v) is 5.50. The third-order valence-electron chi connectivity index (χ3n) is 7.16. The largest absolute Gasteiger partial charge is 0.328 e. The first-order valence-corrected chi connectivity index (χ1v) is 11.7. The first kappa shape index (κ1) is 20.4. The lowest BCUT2D eigenvalue weighted by Crippen LogP contribution is -2.40. The molecule has 1 amide bonds. The highest BCUT2D eigenvalue weighted by Gasteiger charge is 2.33. The van der Waals surface area contributed by atoms with Gasteiger partial charge < -0.3 is 9.88 Å². The van der Waals surface area contributed by atoms with E-state index in [1.54, 1.807) is 24.5 Å². The van der Waals surface area contributed by atoms with Gasteiger partial charge in [0.1, 0.15) is 5.82 Å². The molecule has 2 aromatic heterocycles. The normalized spacial score (nSPS) is 22.5. The highest BCUT2D eigenvalue weighted by atomic mass is 16.2. The average Bonchev–Trinajstić information content (AvgIpc) is 3.30. The van der Waals surface area contributed by atoms with Crippen LogP contribution in [0.2, 0.25) is 0 Å². The number of carbonyl (C=O) groups is 1. The van der Waals surface area contributed by atoms with Gasteiger partial charge in [-0.25, -0.2) is 4.98 Å². The Balaban J connectivity index is 1.33. The molecule has 1 saturated heterocycles. The number of carbonyl (C=O) groups excluding carboxylic acids is 1. The standard InChI is InChI=1S/C24H31N5O2/c30-23-19-16-28(15-17-5-2-1-3-6-17)14-10-20(19)26-22(27-23)21-7-4-13-29(21)24(31)18-8-11-25-12-9-18/h8-9,11-12,17,21H,1-7,10,13-16H2,(H,26,27,30)/t21-/m1/s1. The topological polar surface area (TPSA) is 82.2 Å². The smallest absolute Gasteiger partial charge is 0.255 e. The Morgan fingerprint density at radius 1 is 1.06 bits per heavy atom. The average molecular weight is 422 g/mol. The van der Waals surface area contributed by atoms with E-state index >= 15 is 0 Å². The molecule has 2 aromatic rings. The summed E-state index contributed by atoms with van der Waals surface area (Å²) in [6.07, 6.45) is 12.5. The summed E-state index contributed by atoms with van der Waals surface area (Å²) >= 11 is 0. The number of hydrogen-bond acceptors (Lipinski definition) is 5. The predicted octanol–water partition coefficient (Wildman–Crippen LogP) is 3.08. The summed E-state index contributed by atoms with van der Waals surface area (Å²) in [6.45, 7) is 3.43. The molecule has 1 saturated carbocycles. The van der Waals surface area contributed by atoms with E-state index in [9.17, 15) is 9.59 Å². The summed E-state index contributed by atoms with van der Waals surface area (Å²) in [5, 5.41) is 0. The van der Waals surface area contributed by atoms with Crippen molar-refractivity contribution in [1.29, 1.82) is 0 Å². The van der Waals surface area contributed by atoms with Crippen molar-refractivity contribution in [2.24, 2.45) is 5.92 Å². The molecule has 1 aliphatic carbocycles. The van der Waals surface area contributed by atoms with E-state index in [-0.39, 0.29) is 17.5 Å². The molecule has 0 aromatic carbocycles. The van der Waals surface area contributed by atoms with E-state index in [2.05, 4.69) is 14.9 Å². The second kappa shape index (κ2) is 8.91. The molecule has 5 rings (SSSR count). The molecule has 31 heavy (non-hydrogen) atoms. The fourth-order valence-electron chi connectivity index (χ4n) is 5.50. The second-order valence-electron chi connectivity index (χ2n) is 9.26. The van der Waals surface area contributed by atoms with E-state index < -0.39 is 0 Å². The van der Waals surface area contributed by atoms with Crippen LogP contribution in [-0.2, 0) is 13.0 Å². The molecule has 2 fully saturated rings. The number of amides is 1. The Bertz CT molecular complexity index is 983. The van der Waals surface area contributed by atoms with Crippen LogP contribution in [0.3, 0.4) is 0 Å². The van der Waals surface area contributed by atoms with Gasteiger partial charge in [0.25, 0.3) is 11.5 Å². The summed E-state index contributed by atoms with van der Waals surface area (Å²) in [4.78, 5) is 42.2. The summed E-state index contributed by atoms with van der Waals surface area (Å²) in [7, 11) is 0. The minimum absolute atomic E-state index is 0.0241. The first-order chi connectivity index (χ1) is 15.2. The lowest BCUT2D eigenvalue weighted by Gasteiger charge is -2.33. The highest BCUT2D eigenvalue weighted by Crippen LogP contribution is 2.32. The Morgan fingerprint density at radius 2 is 1.87 bits per heavy atom. The molecule has 4 heterocycles. The van der Waals surface area contributed by atoms with Gasteiger partial charge in [0.2, 0.25) is 0 Å². The monoisotopic (exact) mass is 421 g/mol. The highest BCUT2D eigenvalue weighted by molar-refractivity contribution is 5.94. The summed E-state index contributed by atoms with van der Waals surface area (Å²) in [6, 6.07) is 3.31. The van der Waals surface area contributed by atoms with Crippen LogP contribution in [0.15, 0.2) is 29.3 Å². The third kappa shape index (κ3) is 4.28. The van der Waals surface area contributed by atoms with Gasteiger partial charge in [-0.3, -0.25) is 19.5 Å². The van der Waals surface area contributed by atoms with Crippen LogP contribution >= 0.6 is 0 Å². The molecule has 0 unspecified atom stereocenters. The maximum Gasteiger partial charge on any atom is 0.255 e. The van der Waals surface area contributed by atoms with Gasteiger partial charge in [-0.05, 0) is 43.7 Å². The van der Waals surface area contributed by atoms with Crippen LogP contribution in [-0.4, -0.2) is 50.3 Å². The van der Waals surface area contributed by atoms with E-state index in [1.165, 1.54) is 32.1 Å². The van der Waals surface area contributed by atoms with Gasteiger partial charge >= 0.3 is 0 Å². The van der Waals surface area contributed by atoms with Gasteiger partial charge in [0, 0.05) is 50.6 Å². The number of nitrogens with zero attached hydrogens (tertiary/aromatic N) is 4. The lowest BCUT2D eigenvalue weighted by atomic mass is 9.88. The van der Waals surface area contributed by atoms with Crippen molar-refractivity contribution in [2.45, 2.75) is 64.0 Å². The number of fused-ring (bicyclic) bond motifs is 1. The number of hydrogen-bond donors (Lipinski definition) is 1.